The third kappa shape index (κ3) is 3.12. The minimum atomic E-state index is -0.947. The Morgan fingerprint density at radius 3 is 2.55 bits per heavy atom. The predicted octanol–water partition coefficient (Wildman–Crippen LogP) is 0.750. The summed E-state index contributed by atoms with van der Waals surface area (Å²) in [6.07, 6.45) is 1.93. The minimum absolute atomic E-state index is 0.0659. The van der Waals surface area contributed by atoms with Crippen molar-refractivity contribution in [3.8, 4) is 0 Å². The van der Waals surface area contributed by atoms with Crippen molar-refractivity contribution in [3.05, 3.63) is 0 Å². The molecule has 1 N–H and O–H groups in total. The first-order valence-corrected chi connectivity index (χ1v) is 7.18. The highest BCUT2D eigenvalue weighted by Crippen LogP contribution is 2.29. The number of aliphatic carboxylic acids is 1. The Kier molecular flexibility index (Phi) is 4.99. The molecule has 2 heterocycles. The SMILES string of the molecule is COC1CC(C(=O)O)N(C(=O)C(C)C2CCOCC2)C1. The Bertz CT molecular complexity index is 367. The number of hydrogen-bond donors (Lipinski definition) is 1. The first kappa shape index (κ1) is 15.3. The summed E-state index contributed by atoms with van der Waals surface area (Å²) >= 11 is 0. The molecule has 3 unspecified atom stereocenters. The second-order valence-corrected chi connectivity index (χ2v) is 5.68. The second kappa shape index (κ2) is 6.54. The van der Waals surface area contributed by atoms with Gasteiger partial charge in [-0.05, 0) is 18.8 Å². The maximum Gasteiger partial charge on any atom is 0.326 e. The van der Waals surface area contributed by atoms with Gasteiger partial charge in [0.15, 0.2) is 0 Å². The first-order valence-electron chi connectivity index (χ1n) is 7.18. The highest BCUT2D eigenvalue weighted by atomic mass is 16.5. The maximum atomic E-state index is 12.6. The Morgan fingerprint density at radius 1 is 1.35 bits per heavy atom. The standard InChI is InChI=1S/C14H23NO5/c1-9(10-3-5-20-6-4-10)13(16)15-8-11(19-2)7-12(15)14(17)18/h9-12H,3-8H2,1-2H3,(H,17,18). The molecule has 2 aliphatic heterocycles. The predicted molar refractivity (Wildman–Crippen MR) is 71.3 cm³/mol. The molecule has 114 valence electrons. The van der Waals surface area contributed by atoms with Crippen LogP contribution < -0.4 is 0 Å². The van der Waals surface area contributed by atoms with E-state index in [-0.39, 0.29) is 23.8 Å². The van der Waals surface area contributed by atoms with Gasteiger partial charge in [0.05, 0.1) is 6.10 Å². The number of carbonyl (C=O) groups excluding carboxylic acids is 1. The smallest absolute Gasteiger partial charge is 0.326 e. The van der Waals surface area contributed by atoms with Gasteiger partial charge in [0, 0.05) is 39.2 Å². The van der Waals surface area contributed by atoms with Crippen LogP contribution in [0, 0.1) is 11.8 Å². The quantitative estimate of drug-likeness (QED) is 0.825. The molecule has 20 heavy (non-hydrogen) atoms. The lowest BCUT2D eigenvalue weighted by Gasteiger charge is -2.31. The number of amides is 1. The fourth-order valence-corrected chi connectivity index (χ4v) is 3.12. The number of carboxylic acid groups (broad SMARTS) is 1. The van der Waals surface area contributed by atoms with E-state index in [1.165, 1.54) is 4.90 Å². The summed E-state index contributed by atoms with van der Waals surface area (Å²) in [5, 5.41) is 9.27. The van der Waals surface area contributed by atoms with Crippen LogP contribution in [0.2, 0.25) is 0 Å². The summed E-state index contributed by atoms with van der Waals surface area (Å²) < 4.78 is 10.5. The Hall–Kier alpha value is -1.14. The molecular weight excluding hydrogens is 262 g/mol. The van der Waals surface area contributed by atoms with Crippen LogP contribution in [0.1, 0.15) is 26.2 Å². The fourth-order valence-electron chi connectivity index (χ4n) is 3.12. The lowest BCUT2D eigenvalue weighted by molar-refractivity contribution is -0.151. The summed E-state index contributed by atoms with van der Waals surface area (Å²) in [6.45, 7) is 3.65. The monoisotopic (exact) mass is 285 g/mol. The molecule has 2 fully saturated rings. The van der Waals surface area contributed by atoms with Gasteiger partial charge in [0.1, 0.15) is 6.04 Å². The molecule has 0 aromatic heterocycles. The molecule has 0 aromatic rings. The van der Waals surface area contributed by atoms with E-state index in [0.29, 0.717) is 26.2 Å². The van der Waals surface area contributed by atoms with Crippen molar-refractivity contribution in [1.29, 1.82) is 0 Å². The molecule has 2 rings (SSSR count). The molecule has 0 aromatic carbocycles. The number of carboxylic acids is 1. The molecule has 1 amide bonds. The van der Waals surface area contributed by atoms with E-state index < -0.39 is 12.0 Å². The normalized spacial score (nSPS) is 29.4. The number of methoxy groups -OCH3 is 1. The van der Waals surface area contributed by atoms with E-state index in [2.05, 4.69) is 0 Å². The lowest BCUT2D eigenvalue weighted by Crippen LogP contribution is -2.45. The third-order valence-electron chi connectivity index (χ3n) is 4.53. The molecule has 0 bridgehead atoms. The van der Waals surface area contributed by atoms with E-state index >= 15 is 0 Å². The van der Waals surface area contributed by atoms with E-state index in [1.54, 1.807) is 7.11 Å². The Morgan fingerprint density at radius 2 is 2.00 bits per heavy atom. The molecule has 6 heteroatoms. The van der Waals surface area contributed by atoms with Gasteiger partial charge in [-0.1, -0.05) is 6.92 Å². The van der Waals surface area contributed by atoms with Crippen LogP contribution in [0.25, 0.3) is 0 Å². The zero-order valence-corrected chi connectivity index (χ0v) is 12.1. The van der Waals surface area contributed by atoms with Crippen LogP contribution in [0.3, 0.4) is 0 Å². The average Bonchev–Trinajstić information content (AvgIpc) is 2.91. The number of ether oxygens (including phenoxy) is 2. The largest absolute Gasteiger partial charge is 0.480 e. The minimum Gasteiger partial charge on any atom is -0.480 e. The Balaban J connectivity index is 2.03. The van der Waals surface area contributed by atoms with Crippen molar-refractivity contribution in [1.82, 2.24) is 4.90 Å². The summed E-state index contributed by atoms with van der Waals surface area (Å²) in [4.78, 5) is 25.4. The number of rotatable bonds is 4. The van der Waals surface area contributed by atoms with Crippen molar-refractivity contribution in [2.24, 2.45) is 11.8 Å². The summed E-state index contributed by atoms with van der Waals surface area (Å²) in [6, 6.07) is -0.755. The van der Waals surface area contributed by atoms with E-state index in [9.17, 15) is 14.7 Å². The van der Waals surface area contributed by atoms with E-state index in [4.69, 9.17) is 9.47 Å². The molecule has 0 saturated carbocycles. The van der Waals surface area contributed by atoms with Crippen molar-refractivity contribution in [3.63, 3.8) is 0 Å². The van der Waals surface area contributed by atoms with Crippen LogP contribution in [0.4, 0.5) is 0 Å². The number of likely N-dealkylation sites (tertiary alicyclic amines) is 1. The zero-order chi connectivity index (χ0) is 14.7. The molecular formula is C14H23NO5. The van der Waals surface area contributed by atoms with Crippen LogP contribution in [-0.2, 0) is 19.1 Å². The number of nitrogens with zero attached hydrogens (tertiary/aromatic N) is 1. The van der Waals surface area contributed by atoms with Gasteiger partial charge >= 0.3 is 5.97 Å². The van der Waals surface area contributed by atoms with Gasteiger partial charge in [-0.3, -0.25) is 4.79 Å². The van der Waals surface area contributed by atoms with Crippen molar-refractivity contribution >= 4 is 11.9 Å². The van der Waals surface area contributed by atoms with Gasteiger partial charge < -0.3 is 19.5 Å². The highest BCUT2D eigenvalue weighted by molar-refractivity contribution is 5.85. The number of hydrogen-bond acceptors (Lipinski definition) is 4. The molecule has 3 atom stereocenters. The van der Waals surface area contributed by atoms with Gasteiger partial charge in [-0.2, -0.15) is 0 Å². The molecule has 0 aliphatic carbocycles. The zero-order valence-electron chi connectivity index (χ0n) is 12.1. The molecule has 0 radical (unpaired) electrons. The topological polar surface area (TPSA) is 76.1 Å². The van der Waals surface area contributed by atoms with Gasteiger partial charge in [-0.25, -0.2) is 4.79 Å². The van der Waals surface area contributed by atoms with Gasteiger partial charge in [-0.15, -0.1) is 0 Å². The van der Waals surface area contributed by atoms with Crippen molar-refractivity contribution in [2.75, 3.05) is 26.9 Å². The molecule has 2 aliphatic rings. The van der Waals surface area contributed by atoms with E-state index in [1.807, 2.05) is 6.92 Å². The van der Waals surface area contributed by atoms with Crippen LogP contribution in [0.5, 0.6) is 0 Å². The lowest BCUT2D eigenvalue weighted by atomic mass is 9.86. The van der Waals surface area contributed by atoms with Gasteiger partial charge in [0.25, 0.3) is 0 Å². The van der Waals surface area contributed by atoms with E-state index in [0.717, 1.165) is 12.8 Å². The molecule has 2 saturated heterocycles. The number of carbonyl (C=O) groups is 2. The van der Waals surface area contributed by atoms with Crippen LogP contribution >= 0.6 is 0 Å². The molecule has 0 spiro atoms. The molecule has 6 nitrogen and oxygen atoms in total. The summed E-state index contributed by atoms with van der Waals surface area (Å²) in [7, 11) is 1.56. The fraction of sp³-hybridized carbons (Fsp3) is 0.857. The summed E-state index contributed by atoms with van der Waals surface area (Å²) in [5.41, 5.74) is 0. The maximum absolute atomic E-state index is 12.6. The third-order valence-corrected chi connectivity index (χ3v) is 4.53. The summed E-state index contributed by atoms with van der Waals surface area (Å²) in [5.74, 6) is -0.885. The van der Waals surface area contributed by atoms with Crippen LogP contribution in [0.15, 0.2) is 0 Å². The van der Waals surface area contributed by atoms with Crippen molar-refractivity contribution < 1.29 is 24.2 Å². The first-order chi connectivity index (χ1) is 9.54. The van der Waals surface area contributed by atoms with Crippen molar-refractivity contribution in [2.45, 2.75) is 38.3 Å². The van der Waals surface area contributed by atoms with Crippen LogP contribution in [-0.4, -0.2) is 60.9 Å². The highest BCUT2D eigenvalue weighted by Gasteiger charge is 2.42. The van der Waals surface area contributed by atoms with Gasteiger partial charge in [0.2, 0.25) is 5.91 Å². The second-order valence-electron chi connectivity index (χ2n) is 5.68. The average molecular weight is 285 g/mol. The Labute approximate surface area is 119 Å².